The second kappa shape index (κ2) is 2.31. The van der Waals surface area contributed by atoms with Gasteiger partial charge in [0.1, 0.15) is 0 Å². The van der Waals surface area contributed by atoms with Crippen LogP contribution in [0.25, 0.3) is 0 Å². The van der Waals surface area contributed by atoms with Gasteiger partial charge in [-0.05, 0) is 0 Å². The molecule has 0 amide bonds. The molecule has 6 heavy (non-hydrogen) atoms. The van der Waals surface area contributed by atoms with Crippen molar-refractivity contribution in [2.45, 2.75) is 0 Å². The average Bonchev–Trinajstić information content (AvgIpc) is 1.35. The summed E-state index contributed by atoms with van der Waals surface area (Å²) in [7, 11) is 0. The summed E-state index contributed by atoms with van der Waals surface area (Å²) in [6.07, 6.45) is 0. The molecule has 0 aliphatic heterocycles. The molecule has 0 spiro atoms. The van der Waals surface area contributed by atoms with Crippen molar-refractivity contribution in [3.63, 3.8) is 0 Å². The van der Waals surface area contributed by atoms with Crippen molar-refractivity contribution in [2.24, 2.45) is 0 Å². The Labute approximate surface area is 47.8 Å². The molecule has 0 aromatic carbocycles. The first-order chi connectivity index (χ1) is 2.56. The second-order valence-electron chi connectivity index (χ2n) is 0.596. The Morgan fingerprint density at radius 2 is 1.83 bits per heavy atom. The van der Waals surface area contributed by atoms with E-state index in [2.05, 4.69) is 2.30 Å². The van der Waals surface area contributed by atoms with Crippen LogP contribution in [-0.2, 0) is 23.8 Å². The molecule has 34 valence electrons. The second-order valence-corrected chi connectivity index (χ2v) is 6.60. The molecule has 0 atom stereocenters. The first-order valence-electron chi connectivity index (χ1n) is 1.00. The summed E-state index contributed by atoms with van der Waals surface area (Å²) in [4.78, 5) is 0. The molecule has 0 rings (SSSR count). The number of hydrogen-bond acceptors (Lipinski definition) is 2. The molecule has 0 aliphatic carbocycles. The quantitative estimate of drug-likeness (QED) is 0.560. The van der Waals surface area contributed by atoms with E-state index in [9.17, 15) is 3.25 Å². The molecule has 0 aliphatic rings. The number of rotatable bonds is 1. The maximum absolute atomic E-state index is 9.56. The molecule has 0 heterocycles. The van der Waals surface area contributed by atoms with E-state index in [1.165, 1.54) is 16.6 Å². The van der Waals surface area contributed by atoms with Crippen LogP contribution in [0, 0.1) is 0 Å². The Kier molecular flexibility index (Phi) is 2.68. The van der Waals surface area contributed by atoms with Gasteiger partial charge >= 0.3 is 47.7 Å². The molecule has 0 saturated carbocycles. The average molecular weight is 274 g/mol. The van der Waals surface area contributed by atoms with Crippen molar-refractivity contribution >= 4 is 16.6 Å². The summed E-state index contributed by atoms with van der Waals surface area (Å²) in [6.45, 7) is 0. The van der Waals surface area contributed by atoms with Gasteiger partial charge in [0.2, 0.25) is 0 Å². The standard InChI is InChI=1S/Al.2H2O.2O.Ta/h;2*1H2;;;/q;;;;;+2/p-2. The first kappa shape index (κ1) is 6.95. The molecular formula is H2AlO4Ta. The van der Waals surface area contributed by atoms with Crippen LogP contribution in [0.15, 0.2) is 0 Å². The van der Waals surface area contributed by atoms with Crippen molar-refractivity contribution in [1.82, 2.24) is 0 Å². The van der Waals surface area contributed by atoms with E-state index in [1.54, 1.807) is 0 Å². The first-order valence-corrected chi connectivity index (χ1v) is 6.97. The fourth-order valence-corrected chi connectivity index (χ4v) is 0. The monoisotopic (exact) mass is 274 g/mol. The van der Waals surface area contributed by atoms with Crippen LogP contribution in [-0.4, -0.2) is 23.9 Å². The molecule has 0 bridgehead atoms. The van der Waals surface area contributed by atoms with Gasteiger partial charge in [0.15, 0.2) is 0 Å². The van der Waals surface area contributed by atoms with Crippen LogP contribution in [0.2, 0.25) is 0 Å². The Morgan fingerprint density at radius 3 is 1.83 bits per heavy atom. The molecule has 2 N–H and O–H groups in total. The van der Waals surface area contributed by atoms with E-state index in [-0.39, 0.29) is 0 Å². The summed E-state index contributed by atoms with van der Waals surface area (Å²) >= 11 is -3.56. The molecule has 0 saturated heterocycles. The van der Waals surface area contributed by atoms with Crippen molar-refractivity contribution < 1.29 is 31.1 Å². The molecule has 0 fully saturated rings. The predicted molar refractivity (Wildman–Crippen MR) is 12.0 cm³/mol. The molecule has 0 unspecified atom stereocenters. The third-order valence-electron chi connectivity index (χ3n) is 0.137. The zero-order chi connectivity index (χ0) is 5.21. The molecule has 6 heteroatoms. The minimum absolute atomic E-state index is 1.51. The minimum atomic E-state index is -5.06. The van der Waals surface area contributed by atoms with E-state index >= 15 is 0 Å². The summed E-state index contributed by atoms with van der Waals surface area (Å²) in [5.41, 5.74) is 0. The Morgan fingerprint density at radius 1 is 1.67 bits per heavy atom. The summed E-state index contributed by atoms with van der Waals surface area (Å²) in [6, 6.07) is 0. The van der Waals surface area contributed by atoms with Gasteiger partial charge in [0.25, 0.3) is 0 Å². The van der Waals surface area contributed by atoms with Gasteiger partial charge in [-0.1, -0.05) is 0 Å². The normalized spacial score (nSPS) is 11.7. The Balaban J connectivity index is 3.48. The van der Waals surface area contributed by atoms with Crippen LogP contribution in [0.1, 0.15) is 0 Å². The summed E-state index contributed by atoms with van der Waals surface area (Å²) in [5.74, 6) is 0. The van der Waals surface area contributed by atoms with E-state index < -0.39 is 18.3 Å². The third kappa shape index (κ3) is 4.95. The van der Waals surface area contributed by atoms with Gasteiger partial charge in [0, 0.05) is 0 Å². The van der Waals surface area contributed by atoms with E-state index in [1.807, 2.05) is 0 Å². The van der Waals surface area contributed by atoms with Gasteiger partial charge < -0.3 is 0 Å². The van der Waals surface area contributed by atoms with Gasteiger partial charge in [-0.25, -0.2) is 0 Å². The van der Waals surface area contributed by atoms with Crippen molar-refractivity contribution in [3.8, 4) is 0 Å². The molecular weight excluding hydrogens is 272 g/mol. The van der Waals surface area contributed by atoms with Crippen LogP contribution in [0.5, 0.6) is 0 Å². The van der Waals surface area contributed by atoms with E-state index in [4.69, 9.17) is 7.23 Å². The van der Waals surface area contributed by atoms with Crippen LogP contribution in [0.3, 0.4) is 0 Å². The Bertz CT molecular complexity index is 71.6. The van der Waals surface area contributed by atoms with Crippen molar-refractivity contribution in [2.75, 3.05) is 0 Å². The number of hydrogen-bond donors (Lipinski definition) is 2. The topological polar surface area (TPSA) is 66.8 Å². The van der Waals surface area contributed by atoms with Crippen LogP contribution < -0.4 is 0 Å². The van der Waals surface area contributed by atoms with Crippen LogP contribution >= 0.6 is 0 Å². The SMILES string of the molecule is [O]=[Ta]([OH])([OH])[O][Al]. The van der Waals surface area contributed by atoms with Gasteiger partial charge in [-0.15, -0.1) is 0 Å². The van der Waals surface area contributed by atoms with Crippen LogP contribution in [0.4, 0.5) is 0 Å². The molecule has 2 radical (unpaired) electrons. The van der Waals surface area contributed by atoms with Crippen molar-refractivity contribution in [3.05, 3.63) is 0 Å². The summed E-state index contributed by atoms with van der Waals surface area (Å²) < 4.78 is 28.8. The van der Waals surface area contributed by atoms with Crippen molar-refractivity contribution in [1.29, 1.82) is 0 Å². The molecule has 0 aromatic rings. The fraction of sp³-hybridized carbons (Fsp3) is 0. The zero-order valence-corrected chi connectivity index (χ0v) is 7.10. The van der Waals surface area contributed by atoms with Gasteiger partial charge in [0.05, 0.1) is 0 Å². The molecule has 0 aromatic heterocycles. The van der Waals surface area contributed by atoms with E-state index in [0.29, 0.717) is 0 Å². The van der Waals surface area contributed by atoms with E-state index in [0.717, 1.165) is 0 Å². The maximum atomic E-state index is 9.56. The summed E-state index contributed by atoms with van der Waals surface area (Å²) in [5, 5.41) is 0. The molecule has 4 nitrogen and oxygen atoms in total. The zero-order valence-electron chi connectivity index (χ0n) is 2.74. The Hall–Kier alpha value is 0.953. The van der Waals surface area contributed by atoms with Gasteiger partial charge in [-0.2, -0.15) is 0 Å². The van der Waals surface area contributed by atoms with Gasteiger partial charge in [-0.3, -0.25) is 0 Å². The fourth-order valence-electron chi connectivity index (χ4n) is 0. The third-order valence-corrected chi connectivity index (χ3v) is 3.37. The predicted octanol–water partition coefficient (Wildman–Crippen LogP) is -1.68.